The number of nitrogens with zero attached hydrogens (tertiary/aromatic N) is 4. The summed E-state index contributed by atoms with van der Waals surface area (Å²) in [6.45, 7) is 11.8. The second-order valence-electron chi connectivity index (χ2n) is 7.30. The monoisotopic (exact) mass is 293 g/mol. The summed E-state index contributed by atoms with van der Waals surface area (Å²) in [5, 5.41) is 4.71. The fraction of sp³-hybridized carbons (Fsp3) is 0.812. The lowest BCUT2D eigenvalue weighted by molar-refractivity contribution is 0.206. The lowest BCUT2D eigenvalue weighted by Crippen LogP contribution is -2.37. The van der Waals surface area contributed by atoms with Crippen molar-refractivity contribution >= 4 is 0 Å². The van der Waals surface area contributed by atoms with E-state index in [-0.39, 0.29) is 11.5 Å². The molecule has 2 N–H and O–H groups in total. The molecule has 1 atom stereocenters. The predicted molar refractivity (Wildman–Crippen MR) is 87.4 cm³/mol. The molecule has 1 aromatic heterocycles. The van der Waals surface area contributed by atoms with Crippen LogP contribution in [0.25, 0.3) is 0 Å². The van der Waals surface area contributed by atoms with Crippen molar-refractivity contribution in [2.45, 2.75) is 38.6 Å². The maximum absolute atomic E-state index is 6.15. The van der Waals surface area contributed by atoms with Crippen LogP contribution in [0.15, 0.2) is 6.20 Å². The molecule has 0 saturated carbocycles. The molecule has 2 heterocycles. The normalized spacial score (nSPS) is 20.5. The first-order valence-corrected chi connectivity index (χ1v) is 7.99. The molecule has 0 aliphatic carbocycles. The Hall–Kier alpha value is -0.910. The second kappa shape index (κ2) is 6.46. The Morgan fingerprint density at radius 1 is 1.19 bits per heavy atom. The fourth-order valence-electron chi connectivity index (χ4n) is 3.18. The molecule has 1 unspecified atom stereocenters. The van der Waals surface area contributed by atoms with E-state index < -0.39 is 0 Å². The van der Waals surface area contributed by atoms with Gasteiger partial charge in [0.25, 0.3) is 0 Å². The van der Waals surface area contributed by atoms with Crippen LogP contribution >= 0.6 is 0 Å². The third-order valence-electron chi connectivity index (χ3n) is 4.34. The number of likely N-dealkylation sites (N-methyl/N-ethyl adjacent to an activating group) is 1. The SMILES string of the molecule is CN1CCCN(C(CN)c2cn(C)nc2C(C)(C)C)CC1. The summed E-state index contributed by atoms with van der Waals surface area (Å²) in [7, 11) is 4.20. The van der Waals surface area contributed by atoms with Crippen LogP contribution in [0, 0.1) is 0 Å². The predicted octanol–water partition coefficient (Wildman–Crippen LogP) is 1.35. The number of aryl methyl sites for hydroxylation is 1. The lowest BCUT2D eigenvalue weighted by atomic mass is 9.87. The van der Waals surface area contributed by atoms with E-state index in [1.807, 2.05) is 11.7 Å². The van der Waals surface area contributed by atoms with Crippen molar-refractivity contribution in [3.63, 3.8) is 0 Å². The van der Waals surface area contributed by atoms with Crippen LogP contribution in [0.2, 0.25) is 0 Å². The third kappa shape index (κ3) is 3.84. The summed E-state index contributed by atoms with van der Waals surface area (Å²) in [6.07, 6.45) is 3.37. The molecule has 0 radical (unpaired) electrons. The van der Waals surface area contributed by atoms with Crippen molar-refractivity contribution in [1.29, 1.82) is 0 Å². The van der Waals surface area contributed by atoms with E-state index >= 15 is 0 Å². The molecule has 1 aliphatic rings. The Bertz CT molecular complexity index is 460. The Morgan fingerprint density at radius 3 is 2.52 bits per heavy atom. The Balaban J connectivity index is 2.29. The van der Waals surface area contributed by atoms with Crippen molar-refractivity contribution in [2.75, 3.05) is 39.8 Å². The standard InChI is InChI=1S/C16H31N5/c1-16(2,3)15-13(12-20(5)18-15)14(11-17)21-8-6-7-19(4)9-10-21/h12,14H,6-11,17H2,1-5H3. The third-order valence-corrected chi connectivity index (χ3v) is 4.34. The first-order chi connectivity index (χ1) is 9.82. The zero-order valence-electron chi connectivity index (χ0n) is 14.3. The summed E-state index contributed by atoms with van der Waals surface area (Å²) in [4.78, 5) is 4.94. The van der Waals surface area contributed by atoms with Gasteiger partial charge in [0.05, 0.1) is 11.7 Å². The first-order valence-electron chi connectivity index (χ1n) is 7.99. The van der Waals surface area contributed by atoms with Gasteiger partial charge in [0, 0.05) is 50.4 Å². The van der Waals surface area contributed by atoms with Gasteiger partial charge in [-0.25, -0.2) is 0 Å². The highest BCUT2D eigenvalue weighted by Crippen LogP contribution is 2.31. The zero-order chi connectivity index (χ0) is 15.6. The highest BCUT2D eigenvalue weighted by atomic mass is 15.3. The van der Waals surface area contributed by atoms with Crippen molar-refractivity contribution in [3.05, 3.63) is 17.5 Å². The van der Waals surface area contributed by atoms with Gasteiger partial charge in [-0.3, -0.25) is 9.58 Å². The van der Waals surface area contributed by atoms with Gasteiger partial charge in [-0.1, -0.05) is 20.8 Å². The molecular formula is C16H31N5. The van der Waals surface area contributed by atoms with E-state index in [1.165, 1.54) is 24.2 Å². The highest BCUT2D eigenvalue weighted by molar-refractivity contribution is 5.28. The number of rotatable bonds is 3. The number of hydrogen-bond donors (Lipinski definition) is 1. The average molecular weight is 293 g/mol. The quantitative estimate of drug-likeness (QED) is 0.914. The van der Waals surface area contributed by atoms with Crippen LogP contribution < -0.4 is 5.73 Å². The molecule has 5 nitrogen and oxygen atoms in total. The van der Waals surface area contributed by atoms with Crippen LogP contribution in [-0.4, -0.2) is 59.4 Å². The Labute approximate surface area is 129 Å². The molecule has 21 heavy (non-hydrogen) atoms. The van der Waals surface area contributed by atoms with Gasteiger partial charge in [0.1, 0.15) is 0 Å². The molecule has 2 rings (SSSR count). The van der Waals surface area contributed by atoms with Crippen LogP contribution in [-0.2, 0) is 12.5 Å². The van der Waals surface area contributed by atoms with Crippen molar-refractivity contribution in [3.8, 4) is 0 Å². The van der Waals surface area contributed by atoms with E-state index in [2.05, 4.69) is 43.8 Å². The largest absolute Gasteiger partial charge is 0.329 e. The highest BCUT2D eigenvalue weighted by Gasteiger charge is 2.29. The summed E-state index contributed by atoms with van der Waals surface area (Å²) >= 11 is 0. The van der Waals surface area contributed by atoms with Crippen molar-refractivity contribution in [2.24, 2.45) is 12.8 Å². The van der Waals surface area contributed by atoms with Crippen molar-refractivity contribution < 1.29 is 0 Å². The number of aromatic nitrogens is 2. The maximum Gasteiger partial charge on any atom is 0.0726 e. The van der Waals surface area contributed by atoms with Gasteiger partial charge in [-0.15, -0.1) is 0 Å². The van der Waals surface area contributed by atoms with Gasteiger partial charge in [-0.05, 0) is 20.0 Å². The topological polar surface area (TPSA) is 50.3 Å². The number of nitrogens with two attached hydrogens (primary N) is 1. The van der Waals surface area contributed by atoms with Gasteiger partial charge < -0.3 is 10.6 Å². The molecule has 0 aromatic carbocycles. The molecule has 5 heteroatoms. The summed E-state index contributed by atoms with van der Waals surface area (Å²) in [5.41, 5.74) is 8.68. The van der Waals surface area contributed by atoms with Gasteiger partial charge >= 0.3 is 0 Å². The van der Waals surface area contributed by atoms with Gasteiger partial charge in [0.2, 0.25) is 0 Å². The molecule has 1 saturated heterocycles. The second-order valence-corrected chi connectivity index (χ2v) is 7.30. The van der Waals surface area contributed by atoms with Gasteiger partial charge in [0.15, 0.2) is 0 Å². The summed E-state index contributed by atoms with van der Waals surface area (Å²) < 4.78 is 1.93. The average Bonchev–Trinajstić information content (AvgIpc) is 2.65. The van der Waals surface area contributed by atoms with Gasteiger partial charge in [-0.2, -0.15) is 5.10 Å². The number of hydrogen-bond acceptors (Lipinski definition) is 4. The molecule has 1 fully saturated rings. The molecule has 0 amide bonds. The minimum Gasteiger partial charge on any atom is -0.329 e. The van der Waals surface area contributed by atoms with E-state index in [9.17, 15) is 0 Å². The minimum atomic E-state index is 0.0483. The first kappa shape index (κ1) is 16.5. The van der Waals surface area contributed by atoms with E-state index in [0.717, 1.165) is 19.6 Å². The van der Waals surface area contributed by atoms with Crippen LogP contribution in [0.1, 0.15) is 44.5 Å². The Kier molecular flexibility index (Phi) is 5.07. The molecule has 1 aliphatic heterocycles. The Morgan fingerprint density at radius 2 is 1.90 bits per heavy atom. The molecule has 1 aromatic rings. The lowest BCUT2D eigenvalue weighted by Gasteiger charge is -2.31. The van der Waals surface area contributed by atoms with E-state index in [0.29, 0.717) is 6.54 Å². The van der Waals surface area contributed by atoms with Crippen LogP contribution in [0.5, 0.6) is 0 Å². The molecule has 0 bridgehead atoms. The summed E-state index contributed by atoms with van der Waals surface area (Å²) in [5.74, 6) is 0. The summed E-state index contributed by atoms with van der Waals surface area (Å²) in [6, 6.07) is 0.277. The smallest absolute Gasteiger partial charge is 0.0726 e. The van der Waals surface area contributed by atoms with Crippen LogP contribution in [0.4, 0.5) is 0 Å². The zero-order valence-corrected chi connectivity index (χ0v) is 14.3. The maximum atomic E-state index is 6.15. The minimum absolute atomic E-state index is 0.0483. The fourth-order valence-corrected chi connectivity index (χ4v) is 3.18. The van der Waals surface area contributed by atoms with E-state index in [4.69, 9.17) is 10.8 Å². The molecular weight excluding hydrogens is 262 g/mol. The van der Waals surface area contributed by atoms with Crippen molar-refractivity contribution in [1.82, 2.24) is 19.6 Å². The van der Waals surface area contributed by atoms with E-state index in [1.54, 1.807) is 0 Å². The molecule has 0 spiro atoms. The van der Waals surface area contributed by atoms with Crippen LogP contribution in [0.3, 0.4) is 0 Å². The molecule has 120 valence electrons.